The number of benzene rings is 2. The third-order valence-electron chi connectivity index (χ3n) is 5.47. The van der Waals surface area contributed by atoms with Crippen LogP contribution in [0.15, 0.2) is 65.3 Å². The minimum Gasteiger partial charge on any atom is -0.444 e. The Morgan fingerprint density at radius 1 is 1.12 bits per heavy atom. The number of likely N-dealkylation sites (tertiary alicyclic amines) is 1. The van der Waals surface area contributed by atoms with E-state index in [0.717, 1.165) is 5.56 Å². The molecule has 2 aromatic carbocycles. The number of nitrogens with one attached hydrogen (secondary N) is 1. The minimum absolute atomic E-state index is 0.183. The van der Waals surface area contributed by atoms with Gasteiger partial charge in [0, 0.05) is 25.2 Å². The molecule has 1 aliphatic heterocycles. The van der Waals surface area contributed by atoms with Crippen LogP contribution in [0.2, 0.25) is 0 Å². The molecule has 0 aliphatic carbocycles. The zero-order valence-electron chi connectivity index (χ0n) is 17.4. The van der Waals surface area contributed by atoms with Crippen molar-refractivity contribution in [1.82, 2.24) is 15.2 Å². The highest BCUT2D eigenvalue weighted by Crippen LogP contribution is 2.22. The minimum atomic E-state index is -1.72. The molecule has 1 aliphatic rings. The van der Waals surface area contributed by atoms with Gasteiger partial charge in [0.2, 0.25) is 12.1 Å². The van der Waals surface area contributed by atoms with Crippen molar-refractivity contribution >= 4 is 11.8 Å². The van der Waals surface area contributed by atoms with Crippen molar-refractivity contribution in [3.63, 3.8) is 0 Å². The van der Waals surface area contributed by atoms with E-state index in [1.807, 2.05) is 0 Å². The molecule has 1 atom stereocenters. The third kappa shape index (κ3) is 5.03. The molecule has 1 unspecified atom stereocenters. The summed E-state index contributed by atoms with van der Waals surface area (Å²) in [6.07, 6.45) is 0.375. The standard InChI is InChI=1S/C24H24FN3O4/c25-21(17-4-2-1-3-5-17)22(30)26-14-16-6-8-18(9-7-16)23-27-20(15-32-23)24(31)28-12-10-19(29)11-13-28/h1-9,15,19,21,29H,10-14H2,(H,26,30). The molecule has 2 amide bonds. The molecule has 0 spiro atoms. The van der Waals surface area contributed by atoms with E-state index in [-0.39, 0.29) is 24.2 Å². The van der Waals surface area contributed by atoms with Crippen LogP contribution in [0.4, 0.5) is 4.39 Å². The first-order chi connectivity index (χ1) is 15.5. The SMILES string of the molecule is O=C(NCc1ccc(-c2nc(C(=O)N3CCC(O)CC3)co2)cc1)C(F)c1ccccc1. The molecule has 7 nitrogen and oxygen atoms in total. The Morgan fingerprint density at radius 2 is 1.81 bits per heavy atom. The molecule has 0 saturated carbocycles. The second-order valence-electron chi connectivity index (χ2n) is 7.75. The third-order valence-corrected chi connectivity index (χ3v) is 5.47. The first kappa shape index (κ1) is 21.7. The van der Waals surface area contributed by atoms with Gasteiger partial charge in [-0.1, -0.05) is 42.5 Å². The number of aliphatic hydroxyl groups is 1. The van der Waals surface area contributed by atoms with Crippen LogP contribution in [-0.4, -0.2) is 46.0 Å². The number of halogens is 1. The number of rotatable bonds is 6. The Kier molecular flexibility index (Phi) is 6.61. The number of aromatic nitrogens is 1. The van der Waals surface area contributed by atoms with Crippen LogP contribution < -0.4 is 5.32 Å². The Labute approximate surface area is 184 Å². The molecular formula is C24H24FN3O4. The van der Waals surface area contributed by atoms with Crippen molar-refractivity contribution in [2.45, 2.75) is 31.7 Å². The molecule has 4 rings (SSSR count). The van der Waals surface area contributed by atoms with Gasteiger partial charge in [-0.05, 0) is 36.1 Å². The van der Waals surface area contributed by atoms with Gasteiger partial charge in [-0.15, -0.1) is 0 Å². The number of hydrogen-bond donors (Lipinski definition) is 2. The lowest BCUT2D eigenvalue weighted by Gasteiger charge is -2.28. The van der Waals surface area contributed by atoms with E-state index < -0.39 is 12.1 Å². The van der Waals surface area contributed by atoms with E-state index in [2.05, 4.69) is 10.3 Å². The van der Waals surface area contributed by atoms with Crippen molar-refractivity contribution in [2.24, 2.45) is 0 Å². The Morgan fingerprint density at radius 3 is 2.50 bits per heavy atom. The number of carbonyl (C=O) groups is 2. The second-order valence-corrected chi connectivity index (χ2v) is 7.75. The number of alkyl halides is 1. The molecule has 3 aromatic rings. The lowest BCUT2D eigenvalue weighted by atomic mass is 10.1. The van der Waals surface area contributed by atoms with Gasteiger partial charge in [-0.2, -0.15) is 0 Å². The van der Waals surface area contributed by atoms with E-state index in [0.29, 0.717) is 42.9 Å². The maximum absolute atomic E-state index is 14.3. The summed E-state index contributed by atoms with van der Waals surface area (Å²) < 4.78 is 19.7. The lowest BCUT2D eigenvalue weighted by Crippen LogP contribution is -2.40. The van der Waals surface area contributed by atoms with Gasteiger partial charge in [-0.3, -0.25) is 9.59 Å². The number of oxazole rings is 1. The summed E-state index contributed by atoms with van der Waals surface area (Å²) in [5.41, 5.74) is 2.01. The van der Waals surface area contributed by atoms with Gasteiger partial charge in [-0.25, -0.2) is 9.37 Å². The van der Waals surface area contributed by atoms with Crippen LogP contribution in [0.5, 0.6) is 0 Å². The molecule has 166 valence electrons. The molecule has 8 heteroatoms. The molecule has 1 saturated heterocycles. The Balaban J connectivity index is 1.34. The van der Waals surface area contributed by atoms with Crippen LogP contribution in [0, 0.1) is 0 Å². The largest absolute Gasteiger partial charge is 0.444 e. The van der Waals surface area contributed by atoms with Gasteiger partial charge >= 0.3 is 0 Å². The summed E-state index contributed by atoms with van der Waals surface area (Å²) in [6.45, 7) is 1.17. The fraction of sp³-hybridized carbons (Fsp3) is 0.292. The van der Waals surface area contributed by atoms with Crippen molar-refractivity contribution < 1.29 is 23.5 Å². The zero-order valence-corrected chi connectivity index (χ0v) is 17.4. The molecular weight excluding hydrogens is 413 g/mol. The summed E-state index contributed by atoms with van der Waals surface area (Å²) in [6, 6.07) is 15.4. The highest BCUT2D eigenvalue weighted by Gasteiger charge is 2.25. The first-order valence-corrected chi connectivity index (χ1v) is 10.5. The number of hydrogen-bond acceptors (Lipinski definition) is 5. The van der Waals surface area contributed by atoms with Gasteiger partial charge in [0.1, 0.15) is 6.26 Å². The Hall–Kier alpha value is -3.52. The monoisotopic (exact) mass is 437 g/mol. The molecule has 2 heterocycles. The topological polar surface area (TPSA) is 95.7 Å². The maximum atomic E-state index is 14.3. The maximum Gasteiger partial charge on any atom is 0.275 e. The fourth-order valence-corrected chi connectivity index (χ4v) is 3.55. The molecule has 1 fully saturated rings. The summed E-state index contributed by atoms with van der Waals surface area (Å²) in [5.74, 6) is -0.597. The normalized spacial score (nSPS) is 15.4. The van der Waals surface area contributed by atoms with Gasteiger partial charge in [0.25, 0.3) is 11.8 Å². The van der Waals surface area contributed by atoms with Crippen LogP contribution in [0.3, 0.4) is 0 Å². The predicted molar refractivity (Wildman–Crippen MR) is 115 cm³/mol. The van der Waals surface area contributed by atoms with Crippen molar-refractivity contribution in [3.05, 3.63) is 77.7 Å². The summed E-state index contributed by atoms with van der Waals surface area (Å²) in [5, 5.41) is 12.2. The van der Waals surface area contributed by atoms with Crippen LogP contribution >= 0.6 is 0 Å². The van der Waals surface area contributed by atoms with Crippen LogP contribution in [-0.2, 0) is 11.3 Å². The number of nitrogens with zero attached hydrogens (tertiary/aromatic N) is 2. The number of piperidine rings is 1. The average Bonchev–Trinajstić information content (AvgIpc) is 3.33. The highest BCUT2D eigenvalue weighted by atomic mass is 19.1. The van der Waals surface area contributed by atoms with Crippen molar-refractivity contribution in [3.8, 4) is 11.5 Å². The van der Waals surface area contributed by atoms with Gasteiger partial charge in [0.15, 0.2) is 5.69 Å². The number of aliphatic hydroxyl groups excluding tert-OH is 1. The predicted octanol–water partition coefficient (Wildman–Crippen LogP) is 3.27. The smallest absolute Gasteiger partial charge is 0.275 e. The summed E-state index contributed by atoms with van der Waals surface area (Å²) in [4.78, 5) is 30.6. The Bertz CT molecular complexity index is 1060. The second kappa shape index (κ2) is 9.74. The average molecular weight is 437 g/mol. The van der Waals surface area contributed by atoms with Crippen LogP contribution in [0.25, 0.3) is 11.5 Å². The number of amides is 2. The quantitative estimate of drug-likeness (QED) is 0.617. The zero-order chi connectivity index (χ0) is 22.5. The highest BCUT2D eigenvalue weighted by molar-refractivity contribution is 5.92. The van der Waals surface area contributed by atoms with E-state index >= 15 is 0 Å². The van der Waals surface area contributed by atoms with E-state index in [9.17, 15) is 19.1 Å². The molecule has 0 bridgehead atoms. The van der Waals surface area contributed by atoms with Crippen molar-refractivity contribution in [2.75, 3.05) is 13.1 Å². The van der Waals surface area contributed by atoms with E-state index in [4.69, 9.17) is 4.42 Å². The van der Waals surface area contributed by atoms with E-state index in [1.165, 1.54) is 6.26 Å². The molecule has 32 heavy (non-hydrogen) atoms. The van der Waals surface area contributed by atoms with E-state index in [1.54, 1.807) is 59.5 Å². The molecule has 2 N–H and O–H groups in total. The van der Waals surface area contributed by atoms with Gasteiger partial charge in [0.05, 0.1) is 6.10 Å². The first-order valence-electron chi connectivity index (χ1n) is 10.5. The molecule has 0 radical (unpaired) electrons. The molecule has 1 aromatic heterocycles. The van der Waals surface area contributed by atoms with Crippen LogP contribution in [0.1, 0.15) is 40.6 Å². The summed E-state index contributed by atoms with van der Waals surface area (Å²) >= 11 is 0. The van der Waals surface area contributed by atoms with Gasteiger partial charge < -0.3 is 19.7 Å². The number of carbonyl (C=O) groups excluding carboxylic acids is 2. The fourth-order valence-electron chi connectivity index (χ4n) is 3.55. The summed E-state index contributed by atoms with van der Waals surface area (Å²) in [7, 11) is 0. The van der Waals surface area contributed by atoms with Crippen molar-refractivity contribution in [1.29, 1.82) is 0 Å². The lowest BCUT2D eigenvalue weighted by molar-refractivity contribution is -0.126.